The number of aromatic amines is 3. The summed E-state index contributed by atoms with van der Waals surface area (Å²) in [6.07, 6.45) is 23.3. The van der Waals surface area contributed by atoms with Gasteiger partial charge in [-0.15, -0.1) is 0 Å². The minimum absolute atomic E-state index is 0.00913. The van der Waals surface area contributed by atoms with E-state index in [0.29, 0.717) is 120 Å². The summed E-state index contributed by atoms with van der Waals surface area (Å²) in [4.78, 5) is 102. The first-order valence-corrected chi connectivity index (χ1v) is 33.9. The van der Waals surface area contributed by atoms with Gasteiger partial charge in [-0.1, -0.05) is 25.1 Å². The normalized spacial score (nSPS) is 14.1. The maximum absolute atomic E-state index is 13.0. The fraction of sp³-hybridized carbons (Fsp3) is 0.268. The zero-order valence-electron chi connectivity index (χ0n) is 57.8. The molecule has 0 unspecified atom stereocenters. The number of hydrogen-bond donors (Lipinski definition) is 10. The van der Waals surface area contributed by atoms with Gasteiger partial charge in [-0.25, -0.2) is 14.4 Å². The van der Waals surface area contributed by atoms with Gasteiger partial charge in [0.1, 0.15) is 34.4 Å². The molecular formula is C71H74N24O11. The molecule has 3 saturated heterocycles. The van der Waals surface area contributed by atoms with E-state index in [2.05, 4.69) is 82.5 Å². The largest absolute Gasteiger partial charge is 0.483 e. The van der Waals surface area contributed by atoms with Gasteiger partial charge in [-0.05, 0) is 113 Å². The van der Waals surface area contributed by atoms with E-state index in [1.165, 1.54) is 0 Å². The minimum Gasteiger partial charge on any atom is -0.483 e. The SMILES string of the molecule is CC(C)(C)NC(=O)N1CC(n2cc(NC(=O)c3ccc(-c4cn[nH]c4)o3)c(-c3ccccn3)n2)C1.CCCNC(=O)N1CC(n2cc(NC(=O)c3ccc(-c4cn[nH]c4)o3)c(-c3ccccn3)n2)C1.O=C(Nc1cn(C2CN(C(=O)NC3CC3)C2)nc1-c1ccccn1)c1ccc(-c2cn[nH]c2)o1.O=CO. The van der Waals surface area contributed by atoms with Crippen LogP contribution in [0.1, 0.15) is 96.7 Å². The van der Waals surface area contributed by atoms with Crippen LogP contribution in [0.3, 0.4) is 0 Å². The predicted molar refractivity (Wildman–Crippen MR) is 383 cm³/mol. The van der Waals surface area contributed by atoms with Crippen molar-refractivity contribution in [2.24, 2.45) is 0 Å². The predicted octanol–water partition coefficient (Wildman–Crippen LogP) is 9.31. The van der Waals surface area contributed by atoms with Gasteiger partial charge in [0.15, 0.2) is 17.3 Å². The molecule has 9 amide bonds. The van der Waals surface area contributed by atoms with Crippen LogP contribution < -0.4 is 31.9 Å². The molecule has 0 atom stereocenters. The second-order valence-electron chi connectivity index (χ2n) is 26.0. The highest BCUT2D eigenvalue weighted by Crippen LogP contribution is 2.35. The molecule has 4 aliphatic rings. The van der Waals surface area contributed by atoms with Crippen molar-refractivity contribution in [3.63, 3.8) is 0 Å². The number of rotatable bonds is 18. The van der Waals surface area contributed by atoms with E-state index in [4.69, 9.17) is 33.3 Å². The van der Waals surface area contributed by atoms with E-state index in [1.807, 2.05) is 82.3 Å². The number of H-pyrrole nitrogens is 3. The number of carbonyl (C=O) groups is 7. The average Bonchev–Trinajstić information content (AvgIpc) is 1.63. The number of carboxylic acid groups (broad SMARTS) is 1. The maximum Gasteiger partial charge on any atom is 0.317 e. The number of carbonyl (C=O) groups excluding carboxylic acids is 6. The summed E-state index contributed by atoms with van der Waals surface area (Å²) in [7, 11) is 0. The number of nitrogens with one attached hydrogen (secondary N) is 9. The van der Waals surface area contributed by atoms with E-state index in [-0.39, 0.29) is 65.5 Å². The molecule has 16 rings (SSSR count). The van der Waals surface area contributed by atoms with Gasteiger partial charge in [-0.3, -0.25) is 63.5 Å². The van der Waals surface area contributed by atoms with Crippen molar-refractivity contribution in [1.82, 2.24) is 106 Å². The number of urea groups is 3. The van der Waals surface area contributed by atoms with Crippen LogP contribution in [-0.2, 0) is 4.79 Å². The summed E-state index contributed by atoms with van der Waals surface area (Å²) in [5.74, 6) is 0.902. The molecule has 10 N–H and O–H groups in total. The van der Waals surface area contributed by atoms with Crippen LogP contribution in [0.25, 0.3) is 68.1 Å². The van der Waals surface area contributed by atoms with Gasteiger partial charge in [0.25, 0.3) is 24.2 Å². The Kier molecular flexibility index (Phi) is 21.1. The molecule has 1 saturated carbocycles. The molecule has 544 valence electrons. The molecule has 35 nitrogen and oxygen atoms in total. The van der Waals surface area contributed by atoms with Gasteiger partial charge < -0.3 is 65.0 Å². The lowest BCUT2D eigenvalue weighted by atomic mass is 10.1. The van der Waals surface area contributed by atoms with Gasteiger partial charge >= 0.3 is 18.1 Å². The Hall–Kier alpha value is -13.8. The molecule has 4 fully saturated rings. The van der Waals surface area contributed by atoms with Crippen molar-refractivity contribution in [1.29, 1.82) is 0 Å². The highest BCUT2D eigenvalue weighted by atomic mass is 16.4. The smallest absolute Gasteiger partial charge is 0.317 e. The first-order valence-electron chi connectivity index (χ1n) is 33.9. The average molecular weight is 1440 g/mol. The highest BCUT2D eigenvalue weighted by Gasteiger charge is 2.38. The summed E-state index contributed by atoms with van der Waals surface area (Å²) in [5.41, 5.74) is 7.01. The second kappa shape index (κ2) is 31.6. The Morgan fingerprint density at radius 3 is 1.16 bits per heavy atom. The lowest BCUT2D eigenvalue weighted by Crippen LogP contribution is -2.57. The van der Waals surface area contributed by atoms with Crippen molar-refractivity contribution in [3.05, 3.63) is 183 Å². The Morgan fingerprint density at radius 2 is 0.858 bits per heavy atom. The molecule has 0 spiro atoms. The highest BCUT2D eigenvalue weighted by molar-refractivity contribution is 6.06. The summed E-state index contributed by atoms with van der Waals surface area (Å²) < 4.78 is 22.5. The Morgan fingerprint density at radius 1 is 0.509 bits per heavy atom. The summed E-state index contributed by atoms with van der Waals surface area (Å²) in [6, 6.07) is 26.7. The standard InChI is InChI=1S/C24H26N8O3.C23H22N8O3.C23H24N8O3.CH2O2/c1-24(2,3)29-23(34)31-12-16(13-31)32-14-18(21(30-32)17-6-4-5-9-25-17)28-22(33)20-8-7-19(35-20)15-10-26-27-11-15;32-22(20-7-6-19(34-20)14-9-25-26-10-14)28-18-13-31(29-21(18)17-3-1-2-8-24-17)16-11-30(12-16)23(33)27-15-4-5-15;1-2-8-25-23(33)30-12-16(13-30)31-14-18(21(29-31)17-5-3-4-9-24-17)28-22(32)20-7-6-19(34-20)15-10-26-27-11-15;2-1-3/h4-11,14,16H,12-13H2,1-3H3,(H,26,27)(H,28,33)(H,29,34);1-3,6-10,13,15-16H,4-5,11-12H2,(H,25,26)(H,27,33)(H,28,32);3-7,9-11,14,16H,2,8,12-13H2,1H3,(H,25,33)(H,26,27)(H,28,32);1H,(H,2,3). The van der Waals surface area contributed by atoms with Crippen molar-refractivity contribution in [2.75, 3.05) is 61.8 Å². The first-order chi connectivity index (χ1) is 51.4. The van der Waals surface area contributed by atoms with Crippen LogP contribution in [0.4, 0.5) is 31.4 Å². The van der Waals surface area contributed by atoms with Crippen LogP contribution in [0.5, 0.6) is 0 Å². The van der Waals surface area contributed by atoms with E-state index in [9.17, 15) is 28.8 Å². The minimum atomic E-state index is -0.406. The van der Waals surface area contributed by atoms with Crippen LogP contribution >= 0.6 is 0 Å². The van der Waals surface area contributed by atoms with Crippen molar-refractivity contribution in [3.8, 4) is 68.1 Å². The number of furan rings is 3. The molecule has 12 aromatic rings. The van der Waals surface area contributed by atoms with Crippen LogP contribution in [0.2, 0.25) is 0 Å². The maximum atomic E-state index is 13.0. The molecular weight excluding hydrogens is 1360 g/mol. The summed E-state index contributed by atoms with van der Waals surface area (Å²) >= 11 is 0. The molecule has 0 radical (unpaired) electrons. The van der Waals surface area contributed by atoms with E-state index < -0.39 is 17.7 Å². The summed E-state index contributed by atoms with van der Waals surface area (Å²) in [5, 5.41) is 58.4. The number of pyridine rings is 3. The zero-order valence-corrected chi connectivity index (χ0v) is 57.8. The molecule has 35 heteroatoms. The number of amides is 9. The third-order valence-electron chi connectivity index (χ3n) is 17.0. The molecule has 12 aromatic heterocycles. The van der Waals surface area contributed by atoms with E-state index in [0.717, 1.165) is 36.0 Å². The molecule has 106 heavy (non-hydrogen) atoms. The third-order valence-corrected chi connectivity index (χ3v) is 17.0. The molecule has 0 bridgehead atoms. The Labute approximate surface area is 603 Å². The van der Waals surface area contributed by atoms with E-state index >= 15 is 0 Å². The van der Waals surface area contributed by atoms with Crippen LogP contribution in [-0.4, -0.2) is 194 Å². The summed E-state index contributed by atoms with van der Waals surface area (Å²) in [6.45, 7) is 11.5. The van der Waals surface area contributed by atoms with Gasteiger partial charge in [0, 0.05) is 113 Å². The first kappa shape index (κ1) is 70.7. The van der Waals surface area contributed by atoms with Crippen LogP contribution in [0.15, 0.2) is 179 Å². The van der Waals surface area contributed by atoms with Gasteiger partial charge in [-0.2, -0.15) is 30.6 Å². The fourth-order valence-corrected chi connectivity index (χ4v) is 11.2. The topological polar surface area (TPSA) is 439 Å². The van der Waals surface area contributed by atoms with Crippen molar-refractivity contribution in [2.45, 2.75) is 76.7 Å². The van der Waals surface area contributed by atoms with Gasteiger partial charge in [0.2, 0.25) is 0 Å². The zero-order chi connectivity index (χ0) is 73.8. The van der Waals surface area contributed by atoms with Gasteiger partial charge in [0.05, 0.1) is 87.6 Å². The van der Waals surface area contributed by atoms with Crippen molar-refractivity contribution < 1.29 is 51.9 Å². The van der Waals surface area contributed by atoms with Crippen molar-refractivity contribution >= 4 is 59.3 Å². The number of anilines is 3. The lowest BCUT2D eigenvalue weighted by Gasteiger charge is -2.40. The Balaban J connectivity index is 0.000000138. The van der Waals surface area contributed by atoms with Crippen LogP contribution in [0, 0.1) is 0 Å². The molecule has 3 aliphatic heterocycles. The third kappa shape index (κ3) is 16.9. The fourth-order valence-electron chi connectivity index (χ4n) is 11.2. The second-order valence-corrected chi connectivity index (χ2v) is 26.0. The quantitative estimate of drug-likeness (QED) is 0.0357. The number of hydrogen-bond acceptors (Lipinski definition) is 19. The Bertz CT molecular complexity index is 4960. The molecule has 15 heterocycles. The van der Waals surface area contributed by atoms with E-state index in [1.54, 1.807) is 140 Å². The number of nitrogens with zero attached hydrogens (tertiary/aromatic N) is 15. The lowest BCUT2D eigenvalue weighted by molar-refractivity contribution is -0.122. The number of aromatic nitrogens is 15. The molecule has 0 aromatic carbocycles. The monoisotopic (exact) mass is 1440 g/mol. The number of likely N-dealkylation sites (tertiary alicyclic amines) is 3. The molecule has 1 aliphatic carbocycles.